The first kappa shape index (κ1) is 13.4. The first-order chi connectivity index (χ1) is 7.86. The van der Waals surface area contributed by atoms with E-state index in [-0.39, 0.29) is 12.6 Å². The van der Waals surface area contributed by atoms with Gasteiger partial charge in [0.25, 0.3) is 0 Å². The minimum atomic E-state index is -0.688. The molecule has 0 aliphatic rings. The molecule has 17 heavy (non-hydrogen) atoms. The number of hydrogen-bond donors (Lipinski definition) is 1. The van der Waals surface area contributed by atoms with Gasteiger partial charge in [-0.3, -0.25) is 4.79 Å². The second-order valence-electron chi connectivity index (χ2n) is 4.71. The molecule has 1 rings (SSSR count). The highest BCUT2D eigenvalue weighted by Gasteiger charge is 2.29. The number of ether oxygens (including phenoxy) is 2. The van der Waals surface area contributed by atoms with Crippen LogP contribution in [0.1, 0.15) is 19.4 Å². The molecule has 0 fully saturated rings. The summed E-state index contributed by atoms with van der Waals surface area (Å²) < 4.78 is 10.3. The number of benzene rings is 1. The van der Waals surface area contributed by atoms with Gasteiger partial charge in [-0.05, 0) is 38.5 Å². The minimum Gasteiger partial charge on any atom is -0.490 e. The number of esters is 1. The lowest BCUT2D eigenvalue weighted by molar-refractivity contribution is -0.152. The van der Waals surface area contributed by atoms with Gasteiger partial charge >= 0.3 is 5.97 Å². The van der Waals surface area contributed by atoms with Crippen molar-refractivity contribution in [3.05, 3.63) is 23.8 Å². The van der Waals surface area contributed by atoms with Crippen molar-refractivity contribution in [2.75, 3.05) is 19.5 Å². The van der Waals surface area contributed by atoms with Gasteiger partial charge in [-0.2, -0.15) is 0 Å². The molecule has 94 valence electrons. The third-order valence-electron chi connectivity index (χ3n) is 2.49. The van der Waals surface area contributed by atoms with Crippen LogP contribution >= 0.6 is 0 Å². The van der Waals surface area contributed by atoms with Gasteiger partial charge in [0.15, 0.2) is 0 Å². The van der Waals surface area contributed by atoms with Crippen molar-refractivity contribution in [2.24, 2.45) is 5.41 Å². The van der Waals surface area contributed by atoms with Crippen LogP contribution in [0.25, 0.3) is 0 Å². The topological polar surface area (TPSA) is 61.5 Å². The van der Waals surface area contributed by atoms with Gasteiger partial charge in [0.1, 0.15) is 12.4 Å². The standard InChI is InChI=1S/C13H19NO3/c1-9-5-6-11(10(14)7-9)17-8-13(2,3)12(15)16-4/h5-7H,8,14H2,1-4H3. The number of anilines is 1. The Balaban J connectivity index is 2.70. The van der Waals surface area contributed by atoms with E-state index >= 15 is 0 Å². The van der Waals surface area contributed by atoms with Crippen LogP contribution in [0.5, 0.6) is 5.75 Å². The molecule has 0 aliphatic carbocycles. The van der Waals surface area contributed by atoms with Gasteiger partial charge in [-0.15, -0.1) is 0 Å². The van der Waals surface area contributed by atoms with Crippen LogP contribution in [0.15, 0.2) is 18.2 Å². The smallest absolute Gasteiger partial charge is 0.314 e. The lowest BCUT2D eigenvalue weighted by Crippen LogP contribution is -2.32. The number of carbonyl (C=O) groups excluding carboxylic acids is 1. The number of nitrogen functional groups attached to an aromatic ring is 1. The number of aryl methyl sites for hydroxylation is 1. The van der Waals surface area contributed by atoms with Crippen molar-refractivity contribution in [1.29, 1.82) is 0 Å². The van der Waals surface area contributed by atoms with Crippen LogP contribution in [-0.4, -0.2) is 19.7 Å². The van der Waals surface area contributed by atoms with Crippen LogP contribution < -0.4 is 10.5 Å². The van der Waals surface area contributed by atoms with E-state index in [0.29, 0.717) is 11.4 Å². The fraction of sp³-hybridized carbons (Fsp3) is 0.462. The Morgan fingerprint density at radius 2 is 2.06 bits per heavy atom. The summed E-state index contributed by atoms with van der Waals surface area (Å²) in [6.45, 7) is 5.72. The molecule has 2 N–H and O–H groups in total. The van der Waals surface area contributed by atoms with Crippen LogP contribution in [0.3, 0.4) is 0 Å². The molecular weight excluding hydrogens is 218 g/mol. The largest absolute Gasteiger partial charge is 0.490 e. The van der Waals surface area contributed by atoms with E-state index in [0.717, 1.165) is 5.56 Å². The van der Waals surface area contributed by atoms with Gasteiger partial charge in [-0.1, -0.05) is 6.07 Å². The third kappa shape index (κ3) is 3.37. The van der Waals surface area contributed by atoms with Gasteiger partial charge < -0.3 is 15.2 Å². The van der Waals surface area contributed by atoms with E-state index in [4.69, 9.17) is 15.2 Å². The highest BCUT2D eigenvalue weighted by atomic mass is 16.5. The molecule has 4 heteroatoms. The zero-order valence-corrected chi connectivity index (χ0v) is 10.7. The monoisotopic (exact) mass is 237 g/mol. The highest BCUT2D eigenvalue weighted by Crippen LogP contribution is 2.25. The van der Waals surface area contributed by atoms with Gasteiger partial charge in [0.2, 0.25) is 0 Å². The summed E-state index contributed by atoms with van der Waals surface area (Å²) in [5.41, 5.74) is 6.78. The molecule has 0 saturated carbocycles. The molecule has 1 aromatic carbocycles. The summed E-state index contributed by atoms with van der Waals surface area (Å²) in [6.07, 6.45) is 0. The maximum Gasteiger partial charge on any atom is 0.314 e. The van der Waals surface area contributed by atoms with Crippen molar-refractivity contribution >= 4 is 11.7 Å². The molecule has 1 aromatic rings. The van der Waals surface area contributed by atoms with E-state index in [2.05, 4.69) is 0 Å². The fourth-order valence-corrected chi connectivity index (χ4v) is 1.39. The SMILES string of the molecule is COC(=O)C(C)(C)COc1ccc(C)cc1N. The van der Waals surface area contributed by atoms with Crippen LogP contribution in [0.2, 0.25) is 0 Å². The summed E-state index contributed by atoms with van der Waals surface area (Å²) in [5, 5.41) is 0. The molecule has 0 spiro atoms. The second kappa shape index (κ2) is 5.08. The molecule has 0 unspecified atom stereocenters. The van der Waals surface area contributed by atoms with E-state index in [9.17, 15) is 4.79 Å². The van der Waals surface area contributed by atoms with Gasteiger partial charge in [0, 0.05) is 0 Å². The first-order valence-corrected chi connectivity index (χ1v) is 5.44. The predicted molar refractivity (Wildman–Crippen MR) is 66.9 cm³/mol. The average molecular weight is 237 g/mol. The molecule has 0 bridgehead atoms. The highest BCUT2D eigenvalue weighted by molar-refractivity contribution is 5.76. The summed E-state index contributed by atoms with van der Waals surface area (Å²) >= 11 is 0. The zero-order valence-electron chi connectivity index (χ0n) is 10.7. The molecule has 0 amide bonds. The maximum atomic E-state index is 11.5. The van der Waals surface area contributed by atoms with E-state index in [1.807, 2.05) is 19.1 Å². The summed E-state index contributed by atoms with van der Waals surface area (Å²) in [4.78, 5) is 11.5. The number of carbonyl (C=O) groups is 1. The van der Waals surface area contributed by atoms with Crippen molar-refractivity contribution in [3.8, 4) is 5.75 Å². The second-order valence-corrected chi connectivity index (χ2v) is 4.71. The minimum absolute atomic E-state index is 0.229. The van der Waals surface area contributed by atoms with Gasteiger partial charge in [-0.25, -0.2) is 0 Å². The Kier molecular flexibility index (Phi) is 3.99. The summed E-state index contributed by atoms with van der Waals surface area (Å²) in [5.74, 6) is 0.288. The quantitative estimate of drug-likeness (QED) is 0.644. The van der Waals surface area contributed by atoms with Crippen LogP contribution in [0.4, 0.5) is 5.69 Å². The van der Waals surface area contributed by atoms with E-state index in [1.54, 1.807) is 19.9 Å². The lowest BCUT2D eigenvalue weighted by Gasteiger charge is -2.22. The Labute approximate surface area is 102 Å². The van der Waals surface area contributed by atoms with Crippen LogP contribution in [0, 0.1) is 12.3 Å². The lowest BCUT2D eigenvalue weighted by atomic mass is 9.95. The number of rotatable bonds is 4. The van der Waals surface area contributed by atoms with E-state index in [1.165, 1.54) is 7.11 Å². The number of nitrogens with two attached hydrogens (primary N) is 1. The predicted octanol–water partition coefficient (Wildman–Crippen LogP) is 2.16. The van der Waals surface area contributed by atoms with Crippen molar-refractivity contribution in [1.82, 2.24) is 0 Å². The molecule has 0 saturated heterocycles. The summed E-state index contributed by atoms with van der Waals surface area (Å²) in [6, 6.07) is 5.55. The Bertz CT molecular complexity index is 413. The molecular formula is C13H19NO3. The Morgan fingerprint density at radius 3 is 2.59 bits per heavy atom. The maximum absolute atomic E-state index is 11.5. The molecule has 0 heterocycles. The molecule has 0 atom stereocenters. The van der Waals surface area contributed by atoms with Crippen molar-refractivity contribution < 1.29 is 14.3 Å². The number of methoxy groups -OCH3 is 1. The molecule has 4 nitrogen and oxygen atoms in total. The normalized spacial score (nSPS) is 11.1. The van der Waals surface area contributed by atoms with Crippen LogP contribution in [-0.2, 0) is 9.53 Å². The Morgan fingerprint density at radius 1 is 1.41 bits per heavy atom. The molecule has 0 radical (unpaired) electrons. The number of hydrogen-bond acceptors (Lipinski definition) is 4. The zero-order chi connectivity index (χ0) is 13.1. The molecule has 0 aliphatic heterocycles. The summed E-state index contributed by atoms with van der Waals surface area (Å²) in [7, 11) is 1.37. The first-order valence-electron chi connectivity index (χ1n) is 5.44. The van der Waals surface area contributed by atoms with Crippen molar-refractivity contribution in [2.45, 2.75) is 20.8 Å². The van der Waals surface area contributed by atoms with E-state index < -0.39 is 5.41 Å². The third-order valence-corrected chi connectivity index (χ3v) is 2.49. The Hall–Kier alpha value is -1.71. The van der Waals surface area contributed by atoms with Crippen molar-refractivity contribution in [3.63, 3.8) is 0 Å². The fourth-order valence-electron chi connectivity index (χ4n) is 1.39. The van der Waals surface area contributed by atoms with Gasteiger partial charge in [0.05, 0.1) is 18.2 Å². The molecule has 0 aromatic heterocycles. The average Bonchev–Trinajstić information content (AvgIpc) is 2.26.